The zero-order chi connectivity index (χ0) is 8.84. The highest BCUT2D eigenvalue weighted by atomic mass is 14.1. The van der Waals surface area contributed by atoms with E-state index in [2.05, 4.69) is 49.4 Å². The van der Waals surface area contributed by atoms with Crippen molar-refractivity contribution in [1.82, 2.24) is 0 Å². The van der Waals surface area contributed by atoms with Gasteiger partial charge in [0.25, 0.3) is 0 Å². The molecule has 0 nitrogen and oxygen atoms in total. The second-order valence-electron chi connectivity index (χ2n) is 3.67. The average molecular weight is 166 g/mol. The first-order valence-corrected chi connectivity index (χ1v) is 4.55. The summed E-state index contributed by atoms with van der Waals surface area (Å²) >= 11 is 0. The molecule has 0 heteroatoms. The van der Waals surface area contributed by atoms with Crippen LogP contribution in [-0.2, 0) is 0 Å². The molecule has 0 N–H and O–H groups in total. The van der Waals surface area contributed by atoms with Crippen LogP contribution in [-0.4, -0.2) is 0 Å². The molecular formula is C13H10. The number of benzene rings is 1. The topological polar surface area (TPSA) is 0 Å². The lowest BCUT2D eigenvalue weighted by atomic mass is 10.1. The lowest BCUT2D eigenvalue weighted by Crippen LogP contribution is -2.12. The number of hydrogen-bond acceptors (Lipinski definition) is 0. The predicted molar refractivity (Wildman–Crippen MR) is 57.3 cm³/mol. The SMILES string of the molecule is CC1=Cc2cc3c(cc2=C1)C=CC=3. The summed E-state index contributed by atoms with van der Waals surface area (Å²) in [5.74, 6) is 0. The Hall–Kier alpha value is -1.56. The molecule has 0 bridgehead atoms. The summed E-state index contributed by atoms with van der Waals surface area (Å²) in [6.07, 6.45) is 10.9. The quantitative estimate of drug-likeness (QED) is 0.550. The third-order valence-corrected chi connectivity index (χ3v) is 2.61. The highest BCUT2D eigenvalue weighted by Crippen LogP contribution is 2.11. The normalized spacial score (nSPS) is 15.9. The van der Waals surface area contributed by atoms with Gasteiger partial charge in [0.15, 0.2) is 0 Å². The Morgan fingerprint density at radius 3 is 2.69 bits per heavy atom. The van der Waals surface area contributed by atoms with Gasteiger partial charge < -0.3 is 0 Å². The molecule has 0 aliphatic heterocycles. The number of allylic oxidation sites excluding steroid dienone is 2. The van der Waals surface area contributed by atoms with E-state index >= 15 is 0 Å². The van der Waals surface area contributed by atoms with Crippen LogP contribution < -0.4 is 10.4 Å². The van der Waals surface area contributed by atoms with Gasteiger partial charge in [0, 0.05) is 0 Å². The fourth-order valence-corrected chi connectivity index (χ4v) is 1.99. The van der Waals surface area contributed by atoms with Gasteiger partial charge in [0.05, 0.1) is 0 Å². The van der Waals surface area contributed by atoms with Crippen LogP contribution in [0.15, 0.2) is 23.8 Å². The molecule has 0 saturated carbocycles. The summed E-state index contributed by atoms with van der Waals surface area (Å²) in [7, 11) is 0. The Balaban J connectivity index is 2.42. The van der Waals surface area contributed by atoms with E-state index in [-0.39, 0.29) is 0 Å². The molecular weight excluding hydrogens is 156 g/mol. The van der Waals surface area contributed by atoms with Crippen molar-refractivity contribution in [2.24, 2.45) is 0 Å². The van der Waals surface area contributed by atoms with Crippen molar-refractivity contribution in [1.29, 1.82) is 0 Å². The van der Waals surface area contributed by atoms with Crippen LogP contribution in [0.3, 0.4) is 0 Å². The standard InChI is InChI=1S/C13H10/c1-9-5-12-7-10-3-2-4-11(10)8-13(12)6-9/h2-8H,1H3. The van der Waals surface area contributed by atoms with E-state index in [1.54, 1.807) is 0 Å². The van der Waals surface area contributed by atoms with E-state index in [9.17, 15) is 0 Å². The molecule has 1 aromatic rings. The van der Waals surface area contributed by atoms with Gasteiger partial charge >= 0.3 is 0 Å². The molecule has 0 aromatic heterocycles. The third kappa shape index (κ3) is 0.919. The molecule has 0 amide bonds. The van der Waals surface area contributed by atoms with Crippen LogP contribution in [0.25, 0.3) is 24.3 Å². The van der Waals surface area contributed by atoms with Gasteiger partial charge in [-0.05, 0) is 46.2 Å². The number of hydrogen-bond donors (Lipinski definition) is 0. The highest BCUT2D eigenvalue weighted by Gasteiger charge is 2.04. The fraction of sp³-hybridized carbons (Fsp3) is 0.0769. The molecule has 0 radical (unpaired) electrons. The molecule has 0 fully saturated rings. The molecule has 13 heavy (non-hydrogen) atoms. The smallest absolute Gasteiger partial charge is 0.0175 e. The molecule has 0 heterocycles. The zero-order valence-electron chi connectivity index (χ0n) is 7.54. The van der Waals surface area contributed by atoms with E-state index in [0.717, 1.165) is 0 Å². The molecule has 0 atom stereocenters. The van der Waals surface area contributed by atoms with Crippen molar-refractivity contribution in [3.05, 3.63) is 45.3 Å². The van der Waals surface area contributed by atoms with E-state index < -0.39 is 0 Å². The fourth-order valence-electron chi connectivity index (χ4n) is 1.99. The summed E-state index contributed by atoms with van der Waals surface area (Å²) in [4.78, 5) is 0. The Morgan fingerprint density at radius 1 is 0.923 bits per heavy atom. The van der Waals surface area contributed by atoms with Gasteiger partial charge in [-0.3, -0.25) is 0 Å². The van der Waals surface area contributed by atoms with Crippen LogP contribution in [0, 0.1) is 0 Å². The van der Waals surface area contributed by atoms with Crippen LogP contribution in [0.2, 0.25) is 0 Å². The lowest BCUT2D eigenvalue weighted by Gasteiger charge is -1.94. The first-order valence-electron chi connectivity index (χ1n) is 4.55. The van der Waals surface area contributed by atoms with Crippen LogP contribution in [0.1, 0.15) is 18.1 Å². The van der Waals surface area contributed by atoms with Gasteiger partial charge in [-0.25, -0.2) is 0 Å². The average Bonchev–Trinajstić information content (AvgIpc) is 2.63. The maximum Gasteiger partial charge on any atom is -0.0175 e. The number of rotatable bonds is 0. The minimum absolute atomic E-state index is 1.35. The van der Waals surface area contributed by atoms with Crippen LogP contribution >= 0.6 is 0 Å². The van der Waals surface area contributed by atoms with Gasteiger partial charge in [0.2, 0.25) is 0 Å². The monoisotopic (exact) mass is 166 g/mol. The minimum Gasteiger partial charge on any atom is -0.0610 e. The molecule has 2 aliphatic carbocycles. The molecule has 0 saturated heterocycles. The van der Waals surface area contributed by atoms with Gasteiger partial charge in [0.1, 0.15) is 0 Å². The summed E-state index contributed by atoms with van der Waals surface area (Å²) in [5, 5.41) is 2.70. The van der Waals surface area contributed by atoms with E-state index in [4.69, 9.17) is 0 Å². The first-order chi connectivity index (χ1) is 6.33. The number of fused-ring (bicyclic) bond motifs is 2. The largest absolute Gasteiger partial charge is 0.0610 e. The summed E-state index contributed by atoms with van der Waals surface area (Å²) in [6.45, 7) is 2.14. The van der Waals surface area contributed by atoms with Crippen LogP contribution in [0.5, 0.6) is 0 Å². The van der Waals surface area contributed by atoms with Gasteiger partial charge in [-0.2, -0.15) is 0 Å². The van der Waals surface area contributed by atoms with Crippen molar-refractivity contribution in [2.75, 3.05) is 0 Å². The summed E-state index contributed by atoms with van der Waals surface area (Å²) < 4.78 is 0. The zero-order valence-corrected chi connectivity index (χ0v) is 7.54. The van der Waals surface area contributed by atoms with Gasteiger partial charge in [-0.1, -0.05) is 30.4 Å². The molecule has 2 aliphatic rings. The molecule has 0 spiro atoms. The summed E-state index contributed by atoms with van der Waals surface area (Å²) in [5.41, 5.74) is 4.05. The Kier molecular flexibility index (Phi) is 1.18. The maximum atomic E-state index is 2.26. The summed E-state index contributed by atoms with van der Waals surface area (Å²) in [6, 6.07) is 4.52. The van der Waals surface area contributed by atoms with Crippen molar-refractivity contribution in [2.45, 2.75) is 6.92 Å². The van der Waals surface area contributed by atoms with Gasteiger partial charge in [-0.15, -0.1) is 0 Å². The van der Waals surface area contributed by atoms with Crippen molar-refractivity contribution in [3.8, 4) is 0 Å². The van der Waals surface area contributed by atoms with E-state index in [1.807, 2.05) is 0 Å². The van der Waals surface area contributed by atoms with Crippen molar-refractivity contribution < 1.29 is 0 Å². The molecule has 1 aromatic carbocycles. The third-order valence-electron chi connectivity index (χ3n) is 2.61. The Morgan fingerprint density at radius 2 is 1.77 bits per heavy atom. The van der Waals surface area contributed by atoms with E-state index in [1.165, 1.54) is 27.1 Å². The minimum atomic E-state index is 1.35. The second-order valence-corrected chi connectivity index (χ2v) is 3.67. The first kappa shape index (κ1) is 6.90. The Labute approximate surface area is 77.2 Å². The maximum absolute atomic E-state index is 2.26. The Bertz CT molecular complexity index is 554. The predicted octanol–water partition coefficient (Wildman–Crippen LogP) is 1.69. The second kappa shape index (κ2) is 2.23. The van der Waals surface area contributed by atoms with Crippen molar-refractivity contribution >= 4 is 24.3 Å². The molecule has 3 rings (SSSR count). The highest BCUT2D eigenvalue weighted by molar-refractivity contribution is 5.75. The molecule has 0 unspecified atom stereocenters. The van der Waals surface area contributed by atoms with Crippen LogP contribution in [0.4, 0.5) is 0 Å². The lowest BCUT2D eigenvalue weighted by molar-refractivity contribution is 1.51. The van der Waals surface area contributed by atoms with Crippen molar-refractivity contribution in [3.63, 3.8) is 0 Å². The van der Waals surface area contributed by atoms with E-state index in [0.29, 0.717) is 0 Å². The molecule has 62 valence electrons.